The van der Waals surface area contributed by atoms with Crippen LogP contribution in [0, 0.1) is 6.92 Å². The number of pyridine rings is 1. The van der Waals surface area contributed by atoms with Crippen molar-refractivity contribution in [2.24, 2.45) is 5.10 Å². The number of nitrogens with zero attached hydrogens (tertiary/aromatic N) is 3. The fourth-order valence-corrected chi connectivity index (χ4v) is 3.35. The van der Waals surface area contributed by atoms with Gasteiger partial charge in [-0.05, 0) is 42.8 Å². The Morgan fingerprint density at radius 1 is 1.35 bits per heavy atom. The highest BCUT2D eigenvalue weighted by Gasteiger charge is 2.23. The molecular weight excluding hydrogens is 356 g/mol. The van der Waals surface area contributed by atoms with E-state index in [1.807, 2.05) is 0 Å². The summed E-state index contributed by atoms with van der Waals surface area (Å²) in [7, 11) is -0.963. The number of hydrazone groups is 1. The molecular formula is C17H20N4O4S. The van der Waals surface area contributed by atoms with Gasteiger partial charge in [-0.15, -0.1) is 0 Å². The third-order valence-corrected chi connectivity index (χ3v) is 5.31. The summed E-state index contributed by atoms with van der Waals surface area (Å²) in [5, 5.41) is 3.76. The molecule has 0 aliphatic heterocycles. The van der Waals surface area contributed by atoms with E-state index in [1.54, 1.807) is 37.4 Å². The molecule has 2 rings (SSSR count). The second-order valence-corrected chi connectivity index (χ2v) is 7.49. The molecule has 1 heterocycles. The molecule has 0 saturated heterocycles. The molecule has 1 aromatic carbocycles. The second kappa shape index (κ2) is 8.54. The number of likely N-dealkylation sites (N-methyl/N-ethyl adjacent to an activating group) is 1. The van der Waals surface area contributed by atoms with E-state index in [4.69, 9.17) is 4.74 Å². The van der Waals surface area contributed by atoms with Gasteiger partial charge in [0.2, 0.25) is 10.0 Å². The number of carbonyl (C=O) groups excluding carboxylic acids is 1. The van der Waals surface area contributed by atoms with Gasteiger partial charge in [0.1, 0.15) is 5.75 Å². The molecule has 0 radical (unpaired) electrons. The van der Waals surface area contributed by atoms with Crippen molar-refractivity contribution in [3.63, 3.8) is 0 Å². The number of nitrogens with one attached hydrogen (secondary N) is 1. The number of rotatable bonds is 7. The number of aryl methyl sites for hydroxylation is 1. The zero-order valence-corrected chi connectivity index (χ0v) is 15.5. The summed E-state index contributed by atoms with van der Waals surface area (Å²) >= 11 is 0. The summed E-state index contributed by atoms with van der Waals surface area (Å²) in [5.41, 5.74) is 3.54. The second-order valence-electron chi connectivity index (χ2n) is 5.44. The Bertz CT molecular complexity index is 898. The van der Waals surface area contributed by atoms with Gasteiger partial charge in [-0.1, -0.05) is 6.07 Å². The van der Waals surface area contributed by atoms with Crippen molar-refractivity contribution in [3.8, 4) is 5.75 Å². The maximum atomic E-state index is 12.6. The number of aromatic nitrogens is 1. The molecule has 138 valence electrons. The molecule has 1 aromatic heterocycles. The Morgan fingerprint density at radius 2 is 2.12 bits per heavy atom. The molecule has 0 aliphatic carbocycles. The summed E-state index contributed by atoms with van der Waals surface area (Å²) < 4.78 is 31.2. The number of sulfonamides is 1. The van der Waals surface area contributed by atoms with E-state index in [0.29, 0.717) is 17.0 Å². The van der Waals surface area contributed by atoms with Gasteiger partial charge in [-0.3, -0.25) is 9.78 Å². The van der Waals surface area contributed by atoms with E-state index < -0.39 is 15.9 Å². The van der Waals surface area contributed by atoms with Gasteiger partial charge in [0, 0.05) is 13.2 Å². The number of methoxy groups -OCH3 is 1. The lowest BCUT2D eigenvalue weighted by Crippen LogP contribution is -2.36. The smallest absolute Gasteiger partial charge is 0.255 e. The molecule has 0 aliphatic rings. The van der Waals surface area contributed by atoms with Crippen molar-refractivity contribution >= 4 is 22.1 Å². The molecule has 1 amide bonds. The molecule has 0 saturated carbocycles. The number of carbonyl (C=O) groups is 1. The first-order valence-corrected chi connectivity index (χ1v) is 9.12. The van der Waals surface area contributed by atoms with Crippen LogP contribution >= 0.6 is 0 Å². The number of amides is 1. The highest BCUT2D eigenvalue weighted by molar-refractivity contribution is 7.89. The summed E-state index contributed by atoms with van der Waals surface area (Å²) in [6.45, 7) is 1.38. The van der Waals surface area contributed by atoms with Crippen molar-refractivity contribution in [2.45, 2.75) is 11.8 Å². The minimum Gasteiger partial charge on any atom is -0.496 e. The number of hydrogen-bond acceptors (Lipinski definition) is 6. The van der Waals surface area contributed by atoms with Crippen LogP contribution in [0.2, 0.25) is 0 Å². The first-order valence-electron chi connectivity index (χ1n) is 7.68. The van der Waals surface area contributed by atoms with E-state index in [-0.39, 0.29) is 11.4 Å². The highest BCUT2D eigenvalue weighted by Crippen LogP contribution is 2.23. The summed E-state index contributed by atoms with van der Waals surface area (Å²) in [4.78, 5) is 16.0. The van der Waals surface area contributed by atoms with Crippen LogP contribution in [0.1, 0.15) is 11.3 Å². The Morgan fingerprint density at radius 3 is 2.73 bits per heavy atom. The lowest BCUT2D eigenvalue weighted by molar-refractivity contribution is -0.121. The molecule has 9 heteroatoms. The summed E-state index contributed by atoms with van der Waals surface area (Å²) in [6, 6.07) is 9.78. The third-order valence-electron chi connectivity index (χ3n) is 3.51. The van der Waals surface area contributed by atoms with Crippen LogP contribution in [0.15, 0.2) is 52.6 Å². The molecule has 0 fully saturated rings. The van der Waals surface area contributed by atoms with Gasteiger partial charge in [0.05, 0.1) is 30.5 Å². The van der Waals surface area contributed by atoms with Crippen LogP contribution in [0.4, 0.5) is 0 Å². The first kappa shape index (κ1) is 19.5. The molecule has 0 bridgehead atoms. The zero-order chi connectivity index (χ0) is 19.2. The topological polar surface area (TPSA) is 101 Å². The van der Waals surface area contributed by atoms with Crippen LogP contribution in [0.5, 0.6) is 5.75 Å². The minimum absolute atomic E-state index is 0.0862. The van der Waals surface area contributed by atoms with Crippen LogP contribution in [-0.4, -0.2) is 50.5 Å². The van der Waals surface area contributed by atoms with E-state index in [1.165, 1.54) is 32.5 Å². The Labute approximate surface area is 152 Å². The van der Waals surface area contributed by atoms with Crippen molar-refractivity contribution in [2.75, 3.05) is 20.7 Å². The van der Waals surface area contributed by atoms with E-state index in [2.05, 4.69) is 15.5 Å². The molecule has 8 nitrogen and oxygen atoms in total. The van der Waals surface area contributed by atoms with Crippen LogP contribution in [-0.2, 0) is 14.8 Å². The highest BCUT2D eigenvalue weighted by atomic mass is 32.2. The van der Waals surface area contributed by atoms with E-state index >= 15 is 0 Å². The maximum absolute atomic E-state index is 12.6. The lowest BCUT2D eigenvalue weighted by Gasteiger charge is -2.17. The van der Waals surface area contributed by atoms with Crippen molar-refractivity contribution < 1.29 is 17.9 Å². The van der Waals surface area contributed by atoms with Crippen LogP contribution < -0.4 is 10.2 Å². The van der Waals surface area contributed by atoms with Crippen molar-refractivity contribution in [1.82, 2.24) is 14.7 Å². The molecule has 1 N–H and O–H groups in total. The number of ether oxygens (including phenoxy) is 1. The molecule has 26 heavy (non-hydrogen) atoms. The van der Waals surface area contributed by atoms with Crippen LogP contribution in [0.25, 0.3) is 0 Å². The summed E-state index contributed by atoms with van der Waals surface area (Å²) in [6.07, 6.45) is 2.97. The Kier molecular flexibility index (Phi) is 6.42. The average Bonchev–Trinajstić information content (AvgIpc) is 2.62. The quantitative estimate of drug-likeness (QED) is 0.577. The zero-order valence-electron chi connectivity index (χ0n) is 14.7. The fraction of sp³-hybridized carbons (Fsp3) is 0.235. The normalized spacial score (nSPS) is 11.7. The van der Waals surface area contributed by atoms with Crippen molar-refractivity contribution in [3.05, 3.63) is 53.9 Å². The Hall–Kier alpha value is -2.78. The SMILES string of the molecule is COc1ccc(S(=O)(=O)N(C)CC(=O)NN=Cc2ccccn2)cc1C. The third kappa shape index (κ3) is 4.87. The minimum atomic E-state index is -3.81. The average molecular weight is 376 g/mol. The van der Waals surface area contributed by atoms with E-state index in [0.717, 1.165) is 4.31 Å². The number of benzene rings is 1. The predicted molar refractivity (Wildman–Crippen MR) is 97.5 cm³/mol. The van der Waals surface area contributed by atoms with Gasteiger partial charge < -0.3 is 4.74 Å². The fourth-order valence-electron chi connectivity index (χ4n) is 2.14. The largest absolute Gasteiger partial charge is 0.496 e. The maximum Gasteiger partial charge on any atom is 0.255 e. The molecule has 0 atom stereocenters. The molecule has 2 aromatic rings. The molecule has 0 spiro atoms. The van der Waals surface area contributed by atoms with Gasteiger partial charge in [-0.25, -0.2) is 13.8 Å². The first-order chi connectivity index (χ1) is 12.3. The van der Waals surface area contributed by atoms with E-state index in [9.17, 15) is 13.2 Å². The monoisotopic (exact) mass is 376 g/mol. The van der Waals surface area contributed by atoms with Gasteiger partial charge in [0.15, 0.2) is 0 Å². The van der Waals surface area contributed by atoms with Gasteiger partial charge in [-0.2, -0.15) is 9.41 Å². The Balaban J connectivity index is 2.01. The number of hydrogen-bond donors (Lipinski definition) is 1. The van der Waals surface area contributed by atoms with Crippen molar-refractivity contribution in [1.29, 1.82) is 0 Å². The van der Waals surface area contributed by atoms with Gasteiger partial charge in [0.25, 0.3) is 5.91 Å². The van der Waals surface area contributed by atoms with Gasteiger partial charge >= 0.3 is 0 Å². The summed E-state index contributed by atoms with van der Waals surface area (Å²) in [5.74, 6) is 0.0293. The predicted octanol–water partition coefficient (Wildman–Crippen LogP) is 1.17. The lowest BCUT2D eigenvalue weighted by atomic mass is 10.2. The standard InChI is InChI=1S/C17H20N4O4S/c1-13-10-15(7-8-16(13)25-3)26(23,24)21(2)12-17(22)20-19-11-14-6-4-5-9-18-14/h4-11H,12H2,1-3H3,(H,20,22). The molecule has 0 unspecified atom stereocenters. The van der Waals surface area contributed by atoms with Crippen LogP contribution in [0.3, 0.4) is 0 Å².